The zero-order valence-electron chi connectivity index (χ0n) is 16.9. The van der Waals surface area contributed by atoms with E-state index in [1.807, 2.05) is 5.57 Å². The molecule has 24 heavy (non-hydrogen) atoms. The summed E-state index contributed by atoms with van der Waals surface area (Å²) in [4.78, 5) is 0. The molecule has 0 N–H and O–H groups in total. The van der Waals surface area contributed by atoms with E-state index in [-0.39, 0.29) is 0 Å². The normalized spacial score (nSPS) is 49.2. The first-order valence-electron chi connectivity index (χ1n) is 11.1. The molecular formula is C24H40. The summed E-state index contributed by atoms with van der Waals surface area (Å²) >= 11 is 0. The predicted molar refractivity (Wildman–Crippen MR) is 104 cm³/mol. The molecule has 136 valence electrons. The highest BCUT2D eigenvalue weighted by Gasteiger charge is 2.58. The van der Waals surface area contributed by atoms with E-state index in [0.717, 1.165) is 35.5 Å². The van der Waals surface area contributed by atoms with Crippen LogP contribution in [0, 0.1) is 46.3 Å². The third-order valence-electron chi connectivity index (χ3n) is 9.78. The van der Waals surface area contributed by atoms with Crippen LogP contribution >= 0.6 is 0 Å². The largest absolute Gasteiger partial charge is 0.0845 e. The molecule has 0 aliphatic heterocycles. The van der Waals surface area contributed by atoms with Gasteiger partial charge in [0.25, 0.3) is 0 Å². The minimum Gasteiger partial charge on any atom is -0.0845 e. The van der Waals surface area contributed by atoms with E-state index in [1.165, 1.54) is 57.8 Å². The lowest BCUT2D eigenvalue weighted by Crippen LogP contribution is -2.50. The Morgan fingerprint density at radius 1 is 0.958 bits per heavy atom. The average molecular weight is 329 g/mol. The Bertz CT molecular complexity index is 514. The van der Waals surface area contributed by atoms with Crippen LogP contribution < -0.4 is 0 Å². The van der Waals surface area contributed by atoms with E-state index in [0.29, 0.717) is 10.8 Å². The third-order valence-corrected chi connectivity index (χ3v) is 9.78. The predicted octanol–water partition coefficient (Wildman–Crippen LogP) is 7.25. The molecule has 4 aliphatic rings. The van der Waals surface area contributed by atoms with Crippen LogP contribution in [-0.2, 0) is 0 Å². The van der Waals surface area contributed by atoms with Crippen molar-refractivity contribution in [3.05, 3.63) is 11.6 Å². The van der Waals surface area contributed by atoms with Crippen LogP contribution in [0.25, 0.3) is 0 Å². The zero-order chi connectivity index (χ0) is 17.1. The fourth-order valence-corrected chi connectivity index (χ4v) is 8.07. The van der Waals surface area contributed by atoms with Gasteiger partial charge in [0.15, 0.2) is 0 Å². The van der Waals surface area contributed by atoms with Crippen LogP contribution in [0.3, 0.4) is 0 Å². The van der Waals surface area contributed by atoms with Gasteiger partial charge in [0.05, 0.1) is 0 Å². The smallest absolute Gasteiger partial charge is 0.00853 e. The molecule has 0 saturated heterocycles. The summed E-state index contributed by atoms with van der Waals surface area (Å²) in [5, 5.41) is 0. The monoisotopic (exact) mass is 328 g/mol. The number of hydrogen-bond donors (Lipinski definition) is 0. The summed E-state index contributed by atoms with van der Waals surface area (Å²) < 4.78 is 0. The van der Waals surface area contributed by atoms with E-state index in [2.05, 4.69) is 40.7 Å². The fraction of sp³-hybridized carbons (Fsp3) is 0.917. The molecule has 0 heteroatoms. The minimum atomic E-state index is 0.574. The molecule has 7 unspecified atom stereocenters. The summed E-state index contributed by atoms with van der Waals surface area (Å²) in [6.07, 6.45) is 16.0. The molecule has 0 aromatic carbocycles. The first-order chi connectivity index (χ1) is 11.4. The van der Waals surface area contributed by atoms with E-state index in [9.17, 15) is 0 Å². The van der Waals surface area contributed by atoms with E-state index < -0.39 is 0 Å². The van der Waals surface area contributed by atoms with Gasteiger partial charge in [0, 0.05) is 0 Å². The second-order valence-corrected chi connectivity index (χ2v) is 10.8. The van der Waals surface area contributed by atoms with Gasteiger partial charge in [-0.05, 0) is 97.7 Å². The van der Waals surface area contributed by atoms with E-state index in [1.54, 1.807) is 0 Å². The van der Waals surface area contributed by atoms with Crippen molar-refractivity contribution in [1.29, 1.82) is 0 Å². The van der Waals surface area contributed by atoms with Crippen molar-refractivity contribution < 1.29 is 0 Å². The van der Waals surface area contributed by atoms with E-state index >= 15 is 0 Å². The topological polar surface area (TPSA) is 0 Å². The van der Waals surface area contributed by atoms with Crippen molar-refractivity contribution in [3.8, 4) is 0 Å². The van der Waals surface area contributed by atoms with Crippen LogP contribution in [-0.4, -0.2) is 0 Å². The number of fused-ring (bicyclic) bond motifs is 5. The Kier molecular flexibility index (Phi) is 4.21. The SMILES string of the molecule is CC(C)C(C)C1CCC2C3CC=C4CCCCC4(C)C3CCC12C. The van der Waals surface area contributed by atoms with Gasteiger partial charge in [-0.2, -0.15) is 0 Å². The highest BCUT2D eigenvalue weighted by atomic mass is 14.6. The standard InChI is InChI=1S/C24H40/c1-16(2)17(3)20-11-12-21-19-10-9-18-8-6-7-14-23(18,4)22(19)13-15-24(20,21)5/h9,16-17,19-22H,6-8,10-15H2,1-5H3. The third kappa shape index (κ3) is 2.30. The lowest BCUT2D eigenvalue weighted by Gasteiger charge is -2.58. The summed E-state index contributed by atoms with van der Waals surface area (Å²) in [7, 11) is 0. The van der Waals surface area contributed by atoms with Crippen molar-refractivity contribution in [1.82, 2.24) is 0 Å². The molecule has 4 aliphatic carbocycles. The van der Waals surface area contributed by atoms with Gasteiger partial charge >= 0.3 is 0 Å². The molecular weight excluding hydrogens is 288 g/mol. The van der Waals surface area contributed by atoms with E-state index in [4.69, 9.17) is 0 Å². The van der Waals surface area contributed by atoms with Crippen molar-refractivity contribution in [2.45, 2.75) is 92.4 Å². The molecule has 3 saturated carbocycles. The van der Waals surface area contributed by atoms with Crippen molar-refractivity contribution in [3.63, 3.8) is 0 Å². The van der Waals surface area contributed by atoms with Crippen molar-refractivity contribution >= 4 is 0 Å². The summed E-state index contributed by atoms with van der Waals surface area (Å²) in [6.45, 7) is 12.8. The lowest BCUT2D eigenvalue weighted by atomic mass is 9.47. The van der Waals surface area contributed by atoms with Gasteiger partial charge in [0.1, 0.15) is 0 Å². The van der Waals surface area contributed by atoms with Gasteiger partial charge in [-0.3, -0.25) is 0 Å². The molecule has 4 rings (SSSR count). The lowest BCUT2D eigenvalue weighted by molar-refractivity contribution is -0.0527. The maximum Gasteiger partial charge on any atom is -0.00853 e. The van der Waals surface area contributed by atoms with Gasteiger partial charge in [0.2, 0.25) is 0 Å². The van der Waals surface area contributed by atoms with Crippen molar-refractivity contribution in [2.24, 2.45) is 46.3 Å². The molecule has 0 nitrogen and oxygen atoms in total. The van der Waals surface area contributed by atoms with Crippen LogP contribution in [0.5, 0.6) is 0 Å². The molecule has 0 aromatic rings. The molecule has 0 bridgehead atoms. The Morgan fingerprint density at radius 2 is 1.75 bits per heavy atom. The molecule has 0 heterocycles. The molecule has 0 aromatic heterocycles. The second-order valence-electron chi connectivity index (χ2n) is 10.8. The second kappa shape index (κ2) is 5.88. The quantitative estimate of drug-likeness (QED) is 0.468. The molecule has 0 spiro atoms. The van der Waals surface area contributed by atoms with Gasteiger partial charge in [-0.1, -0.05) is 52.7 Å². The van der Waals surface area contributed by atoms with Gasteiger partial charge in [-0.15, -0.1) is 0 Å². The molecule has 3 fully saturated rings. The molecule has 0 radical (unpaired) electrons. The Hall–Kier alpha value is -0.260. The van der Waals surface area contributed by atoms with Crippen LogP contribution in [0.2, 0.25) is 0 Å². The first kappa shape index (κ1) is 17.2. The molecule has 7 atom stereocenters. The minimum absolute atomic E-state index is 0.574. The Balaban J connectivity index is 1.63. The van der Waals surface area contributed by atoms with Crippen LogP contribution in [0.1, 0.15) is 92.4 Å². The molecule has 0 amide bonds. The number of hydrogen-bond acceptors (Lipinski definition) is 0. The maximum atomic E-state index is 2.73. The summed E-state index contributed by atoms with van der Waals surface area (Å²) in [6, 6.07) is 0. The average Bonchev–Trinajstić information content (AvgIpc) is 2.90. The number of rotatable bonds is 2. The number of allylic oxidation sites excluding steroid dienone is 2. The highest BCUT2D eigenvalue weighted by molar-refractivity contribution is 5.24. The van der Waals surface area contributed by atoms with Gasteiger partial charge in [-0.25, -0.2) is 0 Å². The Morgan fingerprint density at radius 3 is 2.50 bits per heavy atom. The summed E-state index contributed by atoms with van der Waals surface area (Å²) in [5.41, 5.74) is 3.08. The fourth-order valence-electron chi connectivity index (χ4n) is 8.07. The van der Waals surface area contributed by atoms with Crippen LogP contribution in [0.4, 0.5) is 0 Å². The summed E-state index contributed by atoms with van der Waals surface area (Å²) in [5.74, 6) is 5.74. The van der Waals surface area contributed by atoms with Crippen LogP contribution in [0.15, 0.2) is 11.6 Å². The van der Waals surface area contributed by atoms with Crippen molar-refractivity contribution in [2.75, 3.05) is 0 Å². The highest BCUT2D eigenvalue weighted by Crippen LogP contribution is 2.67. The maximum absolute atomic E-state index is 2.73. The zero-order valence-corrected chi connectivity index (χ0v) is 16.9. The Labute approximate surface area is 150 Å². The van der Waals surface area contributed by atoms with Gasteiger partial charge < -0.3 is 0 Å². The first-order valence-corrected chi connectivity index (χ1v) is 11.1.